The smallest absolute Gasteiger partial charge is 0.129 e. The van der Waals surface area contributed by atoms with Gasteiger partial charge >= 0.3 is 0 Å². The Morgan fingerprint density at radius 1 is 1.44 bits per heavy atom. The zero-order valence-corrected chi connectivity index (χ0v) is 10.2. The lowest BCUT2D eigenvalue weighted by molar-refractivity contribution is -0.0924. The van der Waals surface area contributed by atoms with E-state index in [2.05, 4.69) is 29.1 Å². The molecule has 2 rings (SSSR count). The summed E-state index contributed by atoms with van der Waals surface area (Å²) in [4.78, 5) is 8.74. The number of hydrogen-bond donors (Lipinski definition) is 1. The van der Waals surface area contributed by atoms with Crippen LogP contribution in [0.15, 0.2) is 6.07 Å². The van der Waals surface area contributed by atoms with E-state index < -0.39 is 0 Å². The molecule has 16 heavy (non-hydrogen) atoms. The average molecular weight is 221 g/mol. The standard InChI is InChI=1S/C12H19N3O/c1-4-10-5-11(15-9(2)14-10)13-6-12(3)7-16-8-12/h5H,4,6-8H2,1-3H3,(H,13,14,15). The van der Waals surface area contributed by atoms with Crippen LogP contribution in [0.1, 0.15) is 25.4 Å². The molecule has 0 radical (unpaired) electrons. The van der Waals surface area contributed by atoms with Crippen LogP contribution in [0.2, 0.25) is 0 Å². The Labute approximate surface area is 96.4 Å². The Bertz CT molecular complexity index is 375. The summed E-state index contributed by atoms with van der Waals surface area (Å²) in [6.45, 7) is 8.84. The Balaban J connectivity index is 2.00. The van der Waals surface area contributed by atoms with Crippen LogP contribution < -0.4 is 5.32 Å². The van der Waals surface area contributed by atoms with Crippen molar-refractivity contribution in [2.75, 3.05) is 25.1 Å². The molecule has 4 nitrogen and oxygen atoms in total. The molecule has 1 aliphatic heterocycles. The molecule has 1 aromatic rings. The molecule has 0 amide bonds. The van der Waals surface area contributed by atoms with Crippen LogP contribution in [-0.4, -0.2) is 29.7 Å². The Kier molecular flexibility index (Phi) is 3.10. The van der Waals surface area contributed by atoms with Crippen molar-refractivity contribution in [2.45, 2.75) is 27.2 Å². The molecule has 88 valence electrons. The van der Waals surface area contributed by atoms with Crippen molar-refractivity contribution < 1.29 is 4.74 Å². The maximum atomic E-state index is 5.22. The second kappa shape index (κ2) is 4.37. The van der Waals surface area contributed by atoms with E-state index in [0.29, 0.717) is 0 Å². The summed E-state index contributed by atoms with van der Waals surface area (Å²) in [6.07, 6.45) is 0.943. The summed E-state index contributed by atoms with van der Waals surface area (Å²) in [5, 5.41) is 3.37. The van der Waals surface area contributed by atoms with Gasteiger partial charge in [0.1, 0.15) is 11.6 Å². The third-order valence-electron chi connectivity index (χ3n) is 2.85. The predicted molar refractivity (Wildman–Crippen MR) is 63.6 cm³/mol. The minimum atomic E-state index is 0.269. The topological polar surface area (TPSA) is 47.0 Å². The third-order valence-corrected chi connectivity index (χ3v) is 2.85. The van der Waals surface area contributed by atoms with Crippen molar-refractivity contribution in [2.24, 2.45) is 5.41 Å². The van der Waals surface area contributed by atoms with Gasteiger partial charge in [-0.25, -0.2) is 9.97 Å². The number of rotatable bonds is 4. The number of aryl methyl sites for hydroxylation is 2. The monoisotopic (exact) mass is 221 g/mol. The summed E-state index contributed by atoms with van der Waals surface area (Å²) in [5.74, 6) is 1.76. The van der Waals surface area contributed by atoms with Gasteiger partial charge in [-0.2, -0.15) is 0 Å². The number of hydrogen-bond acceptors (Lipinski definition) is 4. The average Bonchev–Trinajstić information content (AvgIpc) is 2.23. The van der Waals surface area contributed by atoms with Crippen LogP contribution >= 0.6 is 0 Å². The molecule has 1 N–H and O–H groups in total. The molecule has 1 saturated heterocycles. The highest BCUT2D eigenvalue weighted by Crippen LogP contribution is 2.26. The molecule has 1 aliphatic rings. The van der Waals surface area contributed by atoms with Crippen LogP contribution in [0.4, 0.5) is 5.82 Å². The van der Waals surface area contributed by atoms with Crippen LogP contribution in [0.5, 0.6) is 0 Å². The fourth-order valence-corrected chi connectivity index (χ4v) is 1.76. The molecule has 0 spiro atoms. The third kappa shape index (κ3) is 2.50. The summed E-state index contributed by atoms with van der Waals surface area (Å²) in [7, 11) is 0. The Morgan fingerprint density at radius 2 is 2.19 bits per heavy atom. The lowest BCUT2D eigenvalue weighted by atomic mass is 9.89. The summed E-state index contributed by atoms with van der Waals surface area (Å²) in [6, 6.07) is 2.02. The molecular weight excluding hydrogens is 202 g/mol. The maximum absolute atomic E-state index is 5.22. The molecule has 0 unspecified atom stereocenters. The van der Waals surface area contributed by atoms with E-state index in [1.807, 2.05) is 13.0 Å². The van der Waals surface area contributed by atoms with E-state index in [1.165, 1.54) is 0 Å². The van der Waals surface area contributed by atoms with Gasteiger partial charge in [-0.3, -0.25) is 0 Å². The first kappa shape index (κ1) is 11.3. The normalized spacial score (nSPS) is 17.9. The van der Waals surface area contributed by atoms with Gasteiger partial charge in [0.05, 0.1) is 13.2 Å². The molecule has 0 atom stereocenters. The van der Waals surface area contributed by atoms with Gasteiger partial charge < -0.3 is 10.1 Å². The second-order valence-electron chi connectivity index (χ2n) is 4.80. The molecule has 0 aromatic carbocycles. The van der Waals surface area contributed by atoms with Crippen LogP contribution in [-0.2, 0) is 11.2 Å². The number of ether oxygens (including phenoxy) is 1. The molecule has 1 fully saturated rings. The first-order chi connectivity index (χ1) is 7.61. The minimum Gasteiger partial charge on any atom is -0.380 e. The molecule has 4 heteroatoms. The molecule has 0 bridgehead atoms. The second-order valence-corrected chi connectivity index (χ2v) is 4.80. The van der Waals surface area contributed by atoms with Gasteiger partial charge in [-0.05, 0) is 13.3 Å². The molecule has 0 aliphatic carbocycles. The van der Waals surface area contributed by atoms with Gasteiger partial charge in [0.15, 0.2) is 0 Å². The van der Waals surface area contributed by atoms with E-state index in [-0.39, 0.29) is 5.41 Å². The summed E-state index contributed by atoms with van der Waals surface area (Å²) < 4.78 is 5.22. The quantitative estimate of drug-likeness (QED) is 0.842. The van der Waals surface area contributed by atoms with E-state index in [1.54, 1.807) is 0 Å². The van der Waals surface area contributed by atoms with Crippen LogP contribution in [0.25, 0.3) is 0 Å². The largest absolute Gasteiger partial charge is 0.380 e. The van der Waals surface area contributed by atoms with Crippen molar-refractivity contribution in [3.63, 3.8) is 0 Å². The van der Waals surface area contributed by atoms with E-state index >= 15 is 0 Å². The zero-order valence-electron chi connectivity index (χ0n) is 10.2. The van der Waals surface area contributed by atoms with E-state index in [9.17, 15) is 0 Å². The molecule has 0 saturated carbocycles. The highest BCUT2D eigenvalue weighted by atomic mass is 16.5. The Hall–Kier alpha value is -1.16. The number of nitrogens with one attached hydrogen (secondary N) is 1. The van der Waals surface area contributed by atoms with Crippen LogP contribution in [0, 0.1) is 12.3 Å². The van der Waals surface area contributed by atoms with E-state index in [0.717, 1.165) is 43.5 Å². The highest BCUT2D eigenvalue weighted by Gasteiger charge is 2.33. The molecule has 1 aromatic heterocycles. The lowest BCUT2D eigenvalue weighted by Crippen LogP contribution is -2.45. The van der Waals surface area contributed by atoms with Crippen molar-refractivity contribution in [1.29, 1.82) is 0 Å². The van der Waals surface area contributed by atoms with Gasteiger partial charge in [0.2, 0.25) is 0 Å². The van der Waals surface area contributed by atoms with Gasteiger partial charge in [-0.15, -0.1) is 0 Å². The SMILES string of the molecule is CCc1cc(NCC2(C)COC2)nc(C)n1. The van der Waals surface area contributed by atoms with Gasteiger partial charge in [-0.1, -0.05) is 13.8 Å². The zero-order chi connectivity index (χ0) is 11.6. The fourth-order valence-electron chi connectivity index (χ4n) is 1.76. The van der Waals surface area contributed by atoms with Crippen molar-refractivity contribution >= 4 is 5.82 Å². The fraction of sp³-hybridized carbons (Fsp3) is 0.667. The highest BCUT2D eigenvalue weighted by molar-refractivity contribution is 5.36. The van der Waals surface area contributed by atoms with Gasteiger partial charge in [0.25, 0.3) is 0 Å². The first-order valence-electron chi connectivity index (χ1n) is 5.77. The molecule has 2 heterocycles. The predicted octanol–water partition coefficient (Wildman–Crippen LogP) is 1.80. The van der Waals surface area contributed by atoms with Crippen LogP contribution in [0.3, 0.4) is 0 Å². The summed E-state index contributed by atoms with van der Waals surface area (Å²) >= 11 is 0. The summed E-state index contributed by atoms with van der Waals surface area (Å²) in [5.41, 5.74) is 1.36. The van der Waals surface area contributed by atoms with Crippen molar-refractivity contribution in [1.82, 2.24) is 9.97 Å². The lowest BCUT2D eigenvalue weighted by Gasteiger charge is -2.38. The van der Waals surface area contributed by atoms with Gasteiger partial charge in [0, 0.05) is 23.7 Å². The molecular formula is C12H19N3O. The number of anilines is 1. The minimum absolute atomic E-state index is 0.269. The Morgan fingerprint density at radius 3 is 2.75 bits per heavy atom. The number of nitrogens with zero attached hydrogens (tertiary/aromatic N) is 2. The first-order valence-corrected chi connectivity index (χ1v) is 5.77. The maximum Gasteiger partial charge on any atom is 0.129 e. The number of aromatic nitrogens is 2. The van der Waals surface area contributed by atoms with Crippen molar-refractivity contribution in [3.05, 3.63) is 17.6 Å². The van der Waals surface area contributed by atoms with Crippen molar-refractivity contribution in [3.8, 4) is 0 Å². The van der Waals surface area contributed by atoms with E-state index in [4.69, 9.17) is 4.74 Å².